The van der Waals surface area contributed by atoms with E-state index in [1.165, 1.54) is 24.9 Å². The SMILES string of the molecule is CN1CCCC1c1cccnc1.S=C(S)S. The highest BCUT2D eigenvalue weighted by molar-refractivity contribution is 8.34. The zero-order valence-electron chi connectivity index (χ0n) is 9.21. The molecule has 2 rings (SSSR count). The van der Waals surface area contributed by atoms with Crippen molar-refractivity contribution in [2.45, 2.75) is 18.9 Å². The Kier molecular flexibility index (Phi) is 6.34. The van der Waals surface area contributed by atoms with Gasteiger partial charge in [0.15, 0.2) is 0 Å². The molecule has 0 amide bonds. The third-order valence-electron chi connectivity index (χ3n) is 2.59. The first-order chi connectivity index (χ1) is 7.61. The molecule has 1 saturated heterocycles. The van der Waals surface area contributed by atoms with Crippen LogP contribution in [-0.2, 0) is 0 Å². The molecule has 1 fully saturated rings. The smallest absolute Gasteiger partial charge is 0.0976 e. The van der Waals surface area contributed by atoms with E-state index in [9.17, 15) is 0 Å². The predicted molar refractivity (Wildman–Crippen MR) is 79.4 cm³/mol. The van der Waals surface area contributed by atoms with E-state index in [2.05, 4.69) is 60.5 Å². The van der Waals surface area contributed by atoms with Crippen LogP contribution in [0.15, 0.2) is 24.5 Å². The molecule has 1 unspecified atom stereocenters. The summed E-state index contributed by atoms with van der Waals surface area (Å²) in [5, 5.41) is 0. The van der Waals surface area contributed by atoms with Gasteiger partial charge in [-0.25, -0.2) is 0 Å². The Morgan fingerprint density at radius 2 is 2.25 bits per heavy atom. The van der Waals surface area contributed by atoms with Gasteiger partial charge in [-0.2, -0.15) is 0 Å². The number of pyridine rings is 1. The van der Waals surface area contributed by atoms with Gasteiger partial charge >= 0.3 is 0 Å². The molecule has 0 aliphatic carbocycles. The first-order valence-corrected chi connectivity index (χ1v) is 6.43. The highest BCUT2D eigenvalue weighted by Crippen LogP contribution is 2.29. The summed E-state index contributed by atoms with van der Waals surface area (Å²) in [6.07, 6.45) is 6.41. The van der Waals surface area contributed by atoms with Gasteiger partial charge in [0, 0.05) is 18.4 Å². The minimum Gasteiger partial charge on any atom is -0.299 e. The summed E-state index contributed by atoms with van der Waals surface area (Å²) < 4.78 is 0.389. The molecule has 0 saturated carbocycles. The first kappa shape index (κ1) is 14.0. The predicted octanol–water partition coefficient (Wildman–Crippen LogP) is 2.98. The molecule has 1 atom stereocenters. The van der Waals surface area contributed by atoms with Crippen molar-refractivity contribution in [1.82, 2.24) is 9.88 Å². The van der Waals surface area contributed by atoms with Crippen molar-refractivity contribution in [2.75, 3.05) is 13.6 Å². The van der Waals surface area contributed by atoms with Crippen LogP contribution in [0.25, 0.3) is 0 Å². The lowest BCUT2D eigenvalue weighted by Crippen LogP contribution is -2.17. The quantitative estimate of drug-likeness (QED) is 0.604. The minimum atomic E-state index is 0.389. The molecule has 88 valence electrons. The van der Waals surface area contributed by atoms with Crippen molar-refractivity contribution in [3.63, 3.8) is 0 Å². The second-order valence-corrected chi connectivity index (χ2v) is 5.97. The Labute approximate surface area is 113 Å². The van der Waals surface area contributed by atoms with Crippen molar-refractivity contribution in [1.29, 1.82) is 0 Å². The number of nitrogens with zero attached hydrogens (tertiary/aromatic N) is 2. The molecule has 0 radical (unpaired) electrons. The monoisotopic (exact) mass is 272 g/mol. The fourth-order valence-corrected chi connectivity index (χ4v) is 1.90. The summed E-state index contributed by atoms with van der Waals surface area (Å²) in [6, 6.07) is 4.79. The molecule has 1 aliphatic heterocycles. The van der Waals surface area contributed by atoms with Crippen molar-refractivity contribution >= 4 is 41.0 Å². The molecule has 0 N–H and O–H groups in total. The lowest BCUT2D eigenvalue weighted by molar-refractivity contribution is 0.317. The van der Waals surface area contributed by atoms with Crippen molar-refractivity contribution in [2.24, 2.45) is 0 Å². The second-order valence-electron chi connectivity index (χ2n) is 3.71. The van der Waals surface area contributed by atoms with Crippen molar-refractivity contribution < 1.29 is 0 Å². The molecule has 0 aromatic carbocycles. The van der Waals surface area contributed by atoms with Crippen LogP contribution in [0, 0.1) is 0 Å². The zero-order chi connectivity index (χ0) is 12.0. The standard InChI is InChI=1S/C10H14N2.CH2S3/c1-12-7-3-5-10(12)9-4-2-6-11-8-9;2-1(3)4/h2,4,6,8,10H,3,5,7H2,1H3;(H2,2,3,4). The van der Waals surface area contributed by atoms with Gasteiger partial charge in [-0.15, -0.1) is 25.3 Å². The average molecular weight is 272 g/mol. The number of hydrogen-bond acceptors (Lipinski definition) is 3. The van der Waals surface area contributed by atoms with Gasteiger partial charge in [0.1, 0.15) is 0 Å². The van der Waals surface area contributed by atoms with E-state index >= 15 is 0 Å². The van der Waals surface area contributed by atoms with Gasteiger partial charge in [0.05, 0.1) is 3.53 Å². The largest absolute Gasteiger partial charge is 0.299 e. The summed E-state index contributed by atoms with van der Waals surface area (Å²) in [5.41, 5.74) is 1.36. The fourth-order valence-electron chi connectivity index (χ4n) is 1.90. The summed E-state index contributed by atoms with van der Waals surface area (Å²) in [5.74, 6) is 0. The van der Waals surface area contributed by atoms with Gasteiger partial charge in [0.25, 0.3) is 0 Å². The lowest BCUT2D eigenvalue weighted by atomic mass is 10.1. The van der Waals surface area contributed by atoms with E-state index < -0.39 is 0 Å². The van der Waals surface area contributed by atoms with Crippen LogP contribution >= 0.6 is 37.5 Å². The molecule has 2 nitrogen and oxygen atoms in total. The van der Waals surface area contributed by atoms with E-state index in [1.54, 1.807) is 0 Å². The molecule has 0 spiro atoms. The van der Waals surface area contributed by atoms with Crippen LogP contribution < -0.4 is 0 Å². The zero-order valence-corrected chi connectivity index (χ0v) is 11.8. The average Bonchev–Trinajstić information content (AvgIpc) is 2.65. The molecule has 2 heterocycles. The third-order valence-corrected chi connectivity index (χ3v) is 2.59. The van der Waals surface area contributed by atoms with Crippen molar-refractivity contribution in [3.8, 4) is 0 Å². The number of hydrogen-bond donors (Lipinski definition) is 2. The minimum absolute atomic E-state index is 0.389. The van der Waals surface area contributed by atoms with Gasteiger partial charge in [-0.1, -0.05) is 18.3 Å². The molecule has 0 bridgehead atoms. The van der Waals surface area contributed by atoms with E-state index in [-0.39, 0.29) is 0 Å². The number of likely N-dealkylation sites (tertiary alicyclic amines) is 1. The highest BCUT2D eigenvalue weighted by Gasteiger charge is 2.21. The van der Waals surface area contributed by atoms with Crippen molar-refractivity contribution in [3.05, 3.63) is 30.1 Å². The fraction of sp³-hybridized carbons (Fsp3) is 0.455. The normalized spacial score (nSPS) is 20.1. The maximum Gasteiger partial charge on any atom is 0.0976 e. The van der Waals surface area contributed by atoms with Gasteiger partial charge in [0.2, 0.25) is 0 Å². The first-order valence-electron chi connectivity index (χ1n) is 5.13. The lowest BCUT2D eigenvalue weighted by Gasteiger charge is -2.18. The Morgan fingerprint density at radius 1 is 1.56 bits per heavy atom. The Hall–Kier alpha value is -0.100. The molecular formula is C11H16N2S3. The number of thiocarbonyl (C=S) groups is 1. The third kappa shape index (κ3) is 4.82. The maximum atomic E-state index is 4.27. The number of thiol groups is 2. The van der Waals surface area contributed by atoms with E-state index in [0.717, 1.165) is 0 Å². The van der Waals surface area contributed by atoms with E-state index in [4.69, 9.17) is 0 Å². The highest BCUT2D eigenvalue weighted by atomic mass is 32.2. The van der Waals surface area contributed by atoms with Gasteiger partial charge in [-0.05, 0) is 38.1 Å². The molecule has 5 heteroatoms. The van der Waals surface area contributed by atoms with Crippen LogP contribution in [0.2, 0.25) is 0 Å². The molecule has 1 aliphatic rings. The summed E-state index contributed by atoms with van der Waals surface area (Å²) >= 11 is 11.4. The number of rotatable bonds is 1. The van der Waals surface area contributed by atoms with Crippen LogP contribution in [0.1, 0.15) is 24.4 Å². The Morgan fingerprint density at radius 3 is 2.69 bits per heavy atom. The van der Waals surface area contributed by atoms with Crippen LogP contribution in [0.5, 0.6) is 0 Å². The van der Waals surface area contributed by atoms with E-state index in [1.807, 2.05) is 18.5 Å². The maximum absolute atomic E-state index is 4.27. The summed E-state index contributed by atoms with van der Waals surface area (Å²) in [4.78, 5) is 6.54. The molecular weight excluding hydrogens is 256 g/mol. The van der Waals surface area contributed by atoms with Gasteiger partial charge < -0.3 is 0 Å². The van der Waals surface area contributed by atoms with Crippen LogP contribution in [0.3, 0.4) is 0 Å². The topological polar surface area (TPSA) is 16.1 Å². The molecule has 16 heavy (non-hydrogen) atoms. The molecule has 1 aromatic heterocycles. The Bertz CT molecular complexity index is 325. The summed E-state index contributed by atoms with van der Waals surface area (Å²) in [6.45, 7) is 1.22. The van der Waals surface area contributed by atoms with Crippen LogP contribution in [-0.4, -0.2) is 27.0 Å². The Balaban J connectivity index is 0.000000280. The van der Waals surface area contributed by atoms with E-state index in [0.29, 0.717) is 9.57 Å². The summed E-state index contributed by atoms with van der Waals surface area (Å²) in [7, 11) is 2.19. The van der Waals surface area contributed by atoms with Crippen LogP contribution in [0.4, 0.5) is 0 Å². The van der Waals surface area contributed by atoms with Gasteiger partial charge in [-0.3, -0.25) is 9.88 Å². The molecule has 1 aromatic rings. The number of aromatic nitrogens is 1. The second kappa shape index (κ2) is 7.27.